The van der Waals surface area contributed by atoms with Gasteiger partial charge in [-0.2, -0.15) is 0 Å². The number of pyridine rings is 1. The van der Waals surface area contributed by atoms with E-state index in [1.807, 2.05) is 12.1 Å². The van der Waals surface area contributed by atoms with E-state index < -0.39 is 5.97 Å². The first-order valence-electron chi connectivity index (χ1n) is 8.06. The number of nitrogens with zero attached hydrogens (tertiary/aromatic N) is 4. The highest BCUT2D eigenvalue weighted by Gasteiger charge is 2.18. The van der Waals surface area contributed by atoms with Crippen molar-refractivity contribution in [3.8, 4) is 0 Å². The summed E-state index contributed by atoms with van der Waals surface area (Å²) in [6.07, 6.45) is 3.22. The lowest BCUT2D eigenvalue weighted by molar-refractivity contribution is 0.0563. The Balaban J connectivity index is 1.94. The third kappa shape index (κ3) is 3.76. The molecule has 0 aliphatic carbocycles. The van der Waals surface area contributed by atoms with Gasteiger partial charge in [0.05, 0.1) is 19.0 Å². The molecule has 7 nitrogen and oxygen atoms in total. The summed E-state index contributed by atoms with van der Waals surface area (Å²) in [5.74, 6) is 1.57. The lowest BCUT2D eigenvalue weighted by atomic mass is 10.2. The molecule has 7 heteroatoms. The van der Waals surface area contributed by atoms with Gasteiger partial charge in [0.1, 0.15) is 17.9 Å². The Morgan fingerprint density at radius 2 is 2.08 bits per heavy atom. The highest BCUT2D eigenvalue weighted by molar-refractivity contribution is 5.87. The van der Waals surface area contributed by atoms with Crippen LogP contribution in [0.25, 0.3) is 11.0 Å². The molecule has 0 aliphatic heterocycles. The predicted octanol–water partition coefficient (Wildman–Crippen LogP) is 3.07. The largest absolute Gasteiger partial charge is 0.463 e. The van der Waals surface area contributed by atoms with Gasteiger partial charge in [0.2, 0.25) is 5.76 Å². The maximum Gasteiger partial charge on any atom is 0.373 e. The van der Waals surface area contributed by atoms with E-state index >= 15 is 0 Å². The van der Waals surface area contributed by atoms with Crippen molar-refractivity contribution in [2.75, 3.05) is 18.6 Å². The minimum atomic E-state index is -0.488. The SMILES string of the molecule is COC(=O)c1ccc(CN(CC(C)C)c2ncnc3ncccc23)o1. The molecule has 130 valence electrons. The Morgan fingerprint density at radius 3 is 2.84 bits per heavy atom. The number of esters is 1. The topological polar surface area (TPSA) is 81.4 Å². The van der Waals surface area contributed by atoms with E-state index in [1.54, 1.807) is 18.3 Å². The molecule has 3 rings (SSSR count). The minimum Gasteiger partial charge on any atom is -0.463 e. The molecule has 3 aromatic heterocycles. The molecule has 0 fully saturated rings. The van der Waals surface area contributed by atoms with Crippen molar-refractivity contribution in [1.29, 1.82) is 0 Å². The lowest BCUT2D eigenvalue weighted by Crippen LogP contribution is -2.28. The molecule has 3 heterocycles. The second-order valence-corrected chi connectivity index (χ2v) is 6.10. The summed E-state index contributed by atoms with van der Waals surface area (Å²) in [5, 5.41) is 0.880. The summed E-state index contributed by atoms with van der Waals surface area (Å²) in [7, 11) is 1.33. The molecule has 0 bridgehead atoms. The Bertz CT molecular complexity index is 870. The number of anilines is 1. The highest BCUT2D eigenvalue weighted by Crippen LogP contribution is 2.24. The van der Waals surface area contributed by atoms with Gasteiger partial charge < -0.3 is 14.1 Å². The van der Waals surface area contributed by atoms with Crippen molar-refractivity contribution in [2.45, 2.75) is 20.4 Å². The van der Waals surface area contributed by atoms with Crippen LogP contribution in [0.15, 0.2) is 41.2 Å². The monoisotopic (exact) mass is 340 g/mol. The van der Waals surface area contributed by atoms with Gasteiger partial charge in [-0.25, -0.2) is 19.7 Å². The van der Waals surface area contributed by atoms with Crippen LogP contribution in [-0.4, -0.2) is 34.6 Å². The van der Waals surface area contributed by atoms with E-state index in [0.29, 0.717) is 23.9 Å². The highest BCUT2D eigenvalue weighted by atomic mass is 16.5. The van der Waals surface area contributed by atoms with Crippen LogP contribution in [-0.2, 0) is 11.3 Å². The molecule has 3 aromatic rings. The molecule has 0 radical (unpaired) electrons. The van der Waals surface area contributed by atoms with Gasteiger partial charge in [-0.3, -0.25) is 0 Å². The van der Waals surface area contributed by atoms with E-state index in [9.17, 15) is 4.79 Å². The Hall–Kier alpha value is -2.96. The molecule has 0 N–H and O–H groups in total. The fourth-order valence-corrected chi connectivity index (χ4v) is 2.66. The first-order chi connectivity index (χ1) is 12.1. The lowest BCUT2D eigenvalue weighted by Gasteiger charge is -2.25. The van der Waals surface area contributed by atoms with Crippen LogP contribution in [0, 0.1) is 5.92 Å². The number of hydrogen-bond donors (Lipinski definition) is 0. The van der Waals surface area contributed by atoms with Crippen molar-refractivity contribution in [1.82, 2.24) is 15.0 Å². The van der Waals surface area contributed by atoms with Crippen molar-refractivity contribution in [3.63, 3.8) is 0 Å². The second kappa shape index (κ2) is 7.29. The van der Waals surface area contributed by atoms with E-state index in [2.05, 4.69) is 38.4 Å². The first kappa shape index (κ1) is 16.9. The average molecular weight is 340 g/mol. The van der Waals surface area contributed by atoms with E-state index in [1.165, 1.54) is 13.4 Å². The number of rotatable bonds is 6. The summed E-state index contributed by atoms with van der Waals surface area (Å²) < 4.78 is 10.3. The average Bonchev–Trinajstić information content (AvgIpc) is 3.08. The first-order valence-corrected chi connectivity index (χ1v) is 8.06. The van der Waals surface area contributed by atoms with Crippen LogP contribution in [0.4, 0.5) is 5.82 Å². The molecule has 0 unspecified atom stereocenters. The van der Waals surface area contributed by atoms with Gasteiger partial charge in [-0.1, -0.05) is 13.8 Å². The van der Waals surface area contributed by atoms with Crippen LogP contribution in [0.5, 0.6) is 0 Å². The van der Waals surface area contributed by atoms with Crippen molar-refractivity contribution < 1.29 is 13.9 Å². The number of carbonyl (C=O) groups excluding carboxylic acids is 1. The van der Waals surface area contributed by atoms with Gasteiger partial charge >= 0.3 is 5.97 Å². The number of hydrogen-bond acceptors (Lipinski definition) is 7. The number of methoxy groups -OCH3 is 1. The number of carbonyl (C=O) groups is 1. The van der Waals surface area contributed by atoms with Crippen LogP contribution in [0.3, 0.4) is 0 Å². The Morgan fingerprint density at radius 1 is 1.24 bits per heavy atom. The summed E-state index contributed by atoms with van der Waals surface area (Å²) in [6, 6.07) is 7.22. The molecule has 0 spiro atoms. The van der Waals surface area contributed by atoms with Crippen LogP contribution >= 0.6 is 0 Å². The molecule has 0 aromatic carbocycles. The number of fused-ring (bicyclic) bond motifs is 1. The van der Waals surface area contributed by atoms with E-state index in [-0.39, 0.29) is 5.76 Å². The van der Waals surface area contributed by atoms with Crippen LogP contribution in [0.2, 0.25) is 0 Å². The van der Waals surface area contributed by atoms with Crippen molar-refractivity contribution in [2.24, 2.45) is 5.92 Å². The normalized spacial score (nSPS) is 11.0. The summed E-state index contributed by atoms with van der Waals surface area (Å²) >= 11 is 0. The number of furan rings is 1. The molecule has 0 saturated heterocycles. The fraction of sp³-hybridized carbons (Fsp3) is 0.333. The standard InChI is InChI=1S/C18H20N4O3/c1-12(2)9-22(10-13-6-7-15(25-13)18(23)24-3)17-14-5-4-8-19-16(14)20-11-21-17/h4-8,11-12H,9-10H2,1-3H3. The maximum absolute atomic E-state index is 11.6. The zero-order valence-corrected chi connectivity index (χ0v) is 14.5. The molecule has 25 heavy (non-hydrogen) atoms. The third-order valence-electron chi connectivity index (χ3n) is 3.67. The molecular weight excluding hydrogens is 320 g/mol. The number of aromatic nitrogens is 3. The summed E-state index contributed by atoms with van der Waals surface area (Å²) in [5.41, 5.74) is 0.649. The molecule has 0 amide bonds. The van der Waals surface area contributed by atoms with Crippen molar-refractivity contribution >= 4 is 22.8 Å². The van der Waals surface area contributed by atoms with E-state index in [4.69, 9.17) is 4.42 Å². The van der Waals surface area contributed by atoms with Gasteiger partial charge in [0.15, 0.2) is 5.65 Å². The van der Waals surface area contributed by atoms with Gasteiger partial charge in [0, 0.05) is 12.7 Å². The third-order valence-corrected chi connectivity index (χ3v) is 3.67. The van der Waals surface area contributed by atoms with Crippen molar-refractivity contribution in [3.05, 3.63) is 48.3 Å². The quantitative estimate of drug-likeness (QED) is 0.638. The summed E-state index contributed by atoms with van der Waals surface area (Å²) in [6.45, 7) is 5.53. The Kier molecular flexibility index (Phi) is 4.92. The number of ether oxygens (including phenoxy) is 1. The van der Waals surface area contributed by atoms with Gasteiger partial charge in [0.25, 0.3) is 0 Å². The maximum atomic E-state index is 11.6. The minimum absolute atomic E-state index is 0.191. The predicted molar refractivity (Wildman–Crippen MR) is 93.3 cm³/mol. The molecule has 0 saturated carbocycles. The zero-order chi connectivity index (χ0) is 17.8. The van der Waals surface area contributed by atoms with Crippen LogP contribution < -0.4 is 4.90 Å². The van der Waals surface area contributed by atoms with Gasteiger partial charge in [-0.05, 0) is 30.2 Å². The Labute approximate surface area is 145 Å². The second-order valence-electron chi connectivity index (χ2n) is 6.10. The molecule has 0 atom stereocenters. The van der Waals surface area contributed by atoms with Crippen LogP contribution in [0.1, 0.15) is 30.2 Å². The fourth-order valence-electron chi connectivity index (χ4n) is 2.66. The summed E-state index contributed by atoms with van der Waals surface area (Å²) in [4.78, 5) is 26.6. The zero-order valence-electron chi connectivity index (χ0n) is 14.5. The smallest absolute Gasteiger partial charge is 0.373 e. The van der Waals surface area contributed by atoms with Gasteiger partial charge in [-0.15, -0.1) is 0 Å². The molecule has 0 aliphatic rings. The molecular formula is C18H20N4O3. The van der Waals surface area contributed by atoms with E-state index in [0.717, 1.165) is 17.7 Å².